The van der Waals surface area contributed by atoms with Gasteiger partial charge in [0.1, 0.15) is 9.21 Å². The Morgan fingerprint density at radius 3 is 2.35 bits per heavy atom. The third-order valence-corrected chi connectivity index (χ3v) is 4.80. The Bertz CT molecular complexity index is 878. The second kappa shape index (κ2) is 7.39. The maximum Gasteiger partial charge on any atom is 0.113 e. The molecule has 0 saturated heterocycles. The number of rotatable bonds is 3. The first-order valence-electron chi connectivity index (χ1n) is 6.84. The van der Waals surface area contributed by atoms with E-state index in [1.54, 1.807) is 12.4 Å². The lowest BCUT2D eigenvalue weighted by Crippen LogP contribution is -1.92. The van der Waals surface area contributed by atoms with Gasteiger partial charge in [0.15, 0.2) is 0 Å². The highest BCUT2D eigenvalue weighted by Crippen LogP contribution is 2.32. The molecule has 0 atom stereocenters. The second-order valence-corrected chi connectivity index (χ2v) is 6.73. The molecule has 2 nitrogen and oxygen atoms in total. The molecule has 0 bridgehead atoms. The first kappa shape index (κ1) is 16.4. The van der Waals surface area contributed by atoms with Gasteiger partial charge in [0.25, 0.3) is 0 Å². The molecule has 0 N–H and O–H groups in total. The van der Waals surface area contributed by atoms with E-state index in [2.05, 4.69) is 47.9 Å². The van der Waals surface area contributed by atoms with Gasteiger partial charge in [0, 0.05) is 28.5 Å². The minimum atomic E-state index is 0.693. The van der Waals surface area contributed by atoms with Crippen molar-refractivity contribution < 1.29 is 0 Å². The SMILES string of the molecule is Clc1cccc(/C(=C/c2cccnc2Br)c2cccnc2Br)c1. The number of benzene rings is 1. The van der Waals surface area contributed by atoms with E-state index in [-0.39, 0.29) is 0 Å². The topological polar surface area (TPSA) is 25.8 Å². The molecule has 0 aliphatic rings. The number of pyridine rings is 2. The molecule has 2 heterocycles. The van der Waals surface area contributed by atoms with Crippen LogP contribution in [0.1, 0.15) is 16.7 Å². The number of hydrogen-bond donors (Lipinski definition) is 0. The maximum absolute atomic E-state index is 6.17. The average Bonchev–Trinajstić information content (AvgIpc) is 2.55. The summed E-state index contributed by atoms with van der Waals surface area (Å²) in [6.07, 6.45) is 5.58. The van der Waals surface area contributed by atoms with Gasteiger partial charge in [0.2, 0.25) is 0 Å². The fourth-order valence-corrected chi connectivity index (χ4v) is 3.24. The summed E-state index contributed by atoms with van der Waals surface area (Å²) < 4.78 is 1.57. The van der Waals surface area contributed by atoms with Crippen LogP contribution in [0.2, 0.25) is 5.02 Å². The molecule has 0 amide bonds. The summed E-state index contributed by atoms with van der Waals surface area (Å²) in [4.78, 5) is 8.61. The van der Waals surface area contributed by atoms with Gasteiger partial charge in [-0.05, 0) is 73.3 Å². The third-order valence-electron chi connectivity index (χ3n) is 3.27. The van der Waals surface area contributed by atoms with Crippen molar-refractivity contribution in [3.05, 3.63) is 91.8 Å². The lowest BCUT2D eigenvalue weighted by molar-refractivity contribution is 1.25. The van der Waals surface area contributed by atoms with Crippen LogP contribution >= 0.6 is 43.5 Å². The Labute approximate surface area is 156 Å². The van der Waals surface area contributed by atoms with Gasteiger partial charge in [-0.3, -0.25) is 0 Å². The van der Waals surface area contributed by atoms with Crippen LogP contribution in [-0.2, 0) is 0 Å². The molecule has 2 aromatic heterocycles. The summed E-state index contributed by atoms with van der Waals surface area (Å²) in [5.74, 6) is 0. The summed E-state index contributed by atoms with van der Waals surface area (Å²) in [5, 5.41) is 0.693. The van der Waals surface area contributed by atoms with Gasteiger partial charge in [-0.15, -0.1) is 0 Å². The summed E-state index contributed by atoms with van der Waals surface area (Å²) in [7, 11) is 0. The van der Waals surface area contributed by atoms with Crippen LogP contribution in [0.3, 0.4) is 0 Å². The predicted octanol–water partition coefficient (Wildman–Crippen LogP) is 6.24. The quantitative estimate of drug-likeness (QED) is 0.441. The molecule has 0 saturated carbocycles. The Hall–Kier alpha value is -1.49. The first-order valence-corrected chi connectivity index (χ1v) is 8.80. The van der Waals surface area contributed by atoms with Gasteiger partial charge in [-0.1, -0.05) is 35.9 Å². The smallest absolute Gasteiger partial charge is 0.113 e. The van der Waals surface area contributed by atoms with Gasteiger partial charge < -0.3 is 0 Å². The molecule has 3 rings (SSSR count). The van der Waals surface area contributed by atoms with E-state index in [1.165, 1.54) is 0 Å². The van der Waals surface area contributed by atoms with Crippen LogP contribution in [0.5, 0.6) is 0 Å². The molecule has 0 spiro atoms. The third kappa shape index (κ3) is 3.89. The zero-order valence-corrected chi connectivity index (χ0v) is 15.8. The molecule has 0 aliphatic heterocycles. The van der Waals surface area contributed by atoms with Crippen molar-refractivity contribution >= 4 is 55.1 Å². The van der Waals surface area contributed by atoms with Gasteiger partial charge in [-0.25, -0.2) is 9.97 Å². The van der Waals surface area contributed by atoms with Crippen molar-refractivity contribution in [1.29, 1.82) is 0 Å². The normalized spacial score (nSPS) is 11.5. The van der Waals surface area contributed by atoms with Crippen molar-refractivity contribution in [3.63, 3.8) is 0 Å². The molecular weight excluding hydrogens is 439 g/mol. The molecule has 3 aromatic rings. The number of hydrogen-bond acceptors (Lipinski definition) is 2. The zero-order valence-electron chi connectivity index (χ0n) is 11.9. The van der Waals surface area contributed by atoms with E-state index in [9.17, 15) is 0 Å². The molecule has 1 aromatic carbocycles. The molecule has 0 radical (unpaired) electrons. The second-order valence-electron chi connectivity index (χ2n) is 4.79. The van der Waals surface area contributed by atoms with Gasteiger partial charge in [-0.2, -0.15) is 0 Å². The molecule has 23 heavy (non-hydrogen) atoms. The van der Waals surface area contributed by atoms with Crippen LogP contribution in [0.25, 0.3) is 11.6 Å². The van der Waals surface area contributed by atoms with E-state index >= 15 is 0 Å². The van der Waals surface area contributed by atoms with E-state index < -0.39 is 0 Å². The molecule has 0 unspecified atom stereocenters. The minimum Gasteiger partial charge on any atom is -0.249 e. The predicted molar refractivity (Wildman–Crippen MR) is 102 cm³/mol. The van der Waals surface area contributed by atoms with Crippen molar-refractivity contribution in [3.8, 4) is 0 Å². The summed E-state index contributed by atoms with van der Waals surface area (Å²) >= 11 is 13.2. The van der Waals surface area contributed by atoms with Crippen LogP contribution in [0.4, 0.5) is 0 Å². The van der Waals surface area contributed by atoms with E-state index in [4.69, 9.17) is 11.6 Å². The zero-order chi connectivity index (χ0) is 16.2. The monoisotopic (exact) mass is 448 g/mol. The van der Waals surface area contributed by atoms with Crippen molar-refractivity contribution in [2.45, 2.75) is 0 Å². The largest absolute Gasteiger partial charge is 0.249 e. The first-order chi connectivity index (χ1) is 11.1. The van der Waals surface area contributed by atoms with E-state index in [0.29, 0.717) is 5.02 Å². The summed E-state index contributed by atoms with van der Waals surface area (Å²) in [6.45, 7) is 0. The molecular formula is C18H11Br2ClN2. The van der Waals surface area contributed by atoms with Crippen molar-refractivity contribution in [2.24, 2.45) is 0 Å². The standard InChI is InChI=1S/C18H11Br2ClN2/c19-17-13(5-2-8-22-17)11-16(12-4-1-6-14(21)10-12)15-7-3-9-23-18(15)20/h1-11H/b16-11-. The number of nitrogens with zero attached hydrogens (tertiary/aromatic N) is 2. The highest BCUT2D eigenvalue weighted by molar-refractivity contribution is 9.10. The Balaban J connectivity index is 2.23. The fraction of sp³-hybridized carbons (Fsp3) is 0. The summed E-state index contributed by atoms with van der Waals surface area (Å²) in [5.41, 5.74) is 4.01. The number of aromatic nitrogens is 2. The van der Waals surface area contributed by atoms with Crippen LogP contribution < -0.4 is 0 Å². The fourth-order valence-electron chi connectivity index (χ4n) is 2.22. The molecule has 114 valence electrons. The minimum absolute atomic E-state index is 0.693. The molecule has 5 heteroatoms. The van der Waals surface area contributed by atoms with Crippen molar-refractivity contribution in [2.75, 3.05) is 0 Å². The molecule has 0 fully saturated rings. The molecule has 0 aliphatic carbocycles. The van der Waals surface area contributed by atoms with Crippen molar-refractivity contribution in [1.82, 2.24) is 9.97 Å². The highest BCUT2D eigenvalue weighted by Gasteiger charge is 2.11. The lowest BCUT2D eigenvalue weighted by Gasteiger charge is -2.11. The lowest BCUT2D eigenvalue weighted by atomic mass is 9.97. The van der Waals surface area contributed by atoms with Gasteiger partial charge in [0.05, 0.1) is 0 Å². The maximum atomic E-state index is 6.17. The Morgan fingerprint density at radius 2 is 1.65 bits per heavy atom. The summed E-state index contributed by atoms with van der Waals surface area (Å²) in [6, 6.07) is 15.6. The van der Waals surface area contributed by atoms with E-state index in [1.807, 2.05) is 48.5 Å². The van der Waals surface area contributed by atoms with Crippen LogP contribution in [0, 0.1) is 0 Å². The van der Waals surface area contributed by atoms with Gasteiger partial charge >= 0.3 is 0 Å². The Morgan fingerprint density at radius 1 is 0.913 bits per heavy atom. The number of halogens is 3. The average molecular weight is 451 g/mol. The highest BCUT2D eigenvalue weighted by atomic mass is 79.9. The Kier molecular flexibility index (Phi) is 5.26. The van der Waals surface area contributed by atoms with Crippen LogP contribution in [-0.4, -0.2) is 9.97 Å². The van der Waals surface area contributed by atoms with E-state index in [0.717, 1.165) is 31.5 Å². The van der Waals surface area contributed by atoms with Crippen LogP contribution in [0.15, 0.2) is 70.1 Å².